The van der Waals surface area contributed by atoms with E-state index < -0.39 is 5.60 Å². The molecule has 10 heteroatoms. The lowest BCUT2D eigenvalue weighted by atomic mass is 9.93. The Kier molecular flexibility index (Phi) is 9.55. The number of alkyl carbamates (subject to hydrolysis) is 1. The maximum Gasteiger partial charge on any atom is 0.407 e. The summed E-state index contributed by atoms with van der Waals surface area (Å²) in [5, 5.41) is 11.1. The molecular formula is C36H45N5O5. The number of pyridine rings is 1. The van der Waals surface area contributed by atoms with E-state index in [9.17, 15) is 9.59 Å². The molecule has 0 aliphatic heterocycles. The topological polar surface area (TPSA) is 117 Å². The van der Waals surface area contributed by atoms with Gasteiger partial charge in [0, 0.05) is 23.8 Å². The maximum absolute atomic E-state index is 12.7. The zero-order valence-corrected chi connectivity index (χ0v) is 27.8. The van der Waals surface area contributed by atoms with Crippen molar-refractivity contribution in [3.8, 4) is 17.2 Å². The zero-order valence-electron chi connectivity index (χ0n) is 27.8. The summed E-state index contributed by atoms with van der Waals surface area (Å²) in [6.45, 7) is 13.7. The average molecular weight is 628 g/mol. The Morgan fingerprint density at radius 1 is 0.957 bits per heavy atom. The smallest absolute Gasteiger partial charge is 0.407 e. The zero-order chi connectivity index (χ0) is 33.1. The fourth-order valence-corrected chi connectivity index (χ4v) is 5.45. The minimum atomic E-state index is -0.517. The van der Waals surface area contributed by atoms with Crippen LogP contribution in [0.2, 0.25) is 0 Å². The van der Waals surface area contributed by atoms with Gasteiger partial charge in [0.25, 0.3) is 0 Å². The Bertz CT molecular complexity index is 1690. The number of fused-ring (bicyclic) bond motifs is 1. The summed E-state index contributed by atoms with van der Waals surface area (Å²) in [7, 11) is 0. The molecule has 2 aromatic heterocycles. The van der Waals surface area contributed by atoms with Crippen molar-refractivity contribution >= 4 is 28.6 Å². The first-order valence-electron chi connectivity index (χ1n) is 15.9. The largest absolute Gasteiger partial charge is 0.490 e. The van der Waals surface area contributed by atoms with E-state index in [2.05, 4.69) is 41.5 Å². The Hall–Kier alpha value is -4.60. The van der Waals surface area contributed by atoms with Gasteiger partial charge in [-0.2, -0.15) is 5.10 Å². The first kappa shape index (κ1) is 32.8. The van der Waals surface area contributed by atoms with Crippen LogP contribution in [0.5, 0.6) is 17.2 Å². The minimum absolute atomic E-state index is 0.0526. The summed E-state index contributed by atoms with van der Waals surface area (Å²) < 4.78 is 20.0. The van der Waals surface area contributed by atoms with Crippen LogP contribution in [-0.4, -0.2) is 44.5 Å². The third-order valence-electron chi connectivity index (χ3n) is 7.75. The van der Waals surface area contributed by atoms with Crippen molar-refractivity contribution in [2.45, 2.75) is 104 Å². The van der Waals surface area contributed by atoms with E-state index >= 15 is 0 Å². The molecule has 1 aliphatic rings. The number of carbonyl (C=O) groups excluding carboxylic acids is 2. The number of aromatic nitrogens is 3. The summed E-state index contributed by atoms with van der Waals surface area (Å²) in [4.78, 5) is 29.4. The summed E-state index contributed by atoms with van der Waals surface area (Å²) in [6, 6.07) is 13.5. The molecule has 0 saturated heterocycles. The van der Waals surface area contributed by atoms with Crippen LogP contribution in [0.1, 0.15) is 78.4 Å². The molecule has 10 nitrogen and oxygen atoms in total. The van der Waals surface area contributed by atoms with Crippen LogP contribution in [0, 0.1) is 6.92 Å². The molecule has 0 unspecified atom stereocenters. The Balaban J connectivity index is 1.19. The molecule has 0 spiro atoms. The number of rotatable bonds is 8. The molecule has 0 atom stereocenters. The van der Waals surface area contributed by atoms with E-state index in [1.807, 2.05) is 81.0 Å². The number of amides is 2. The highest BCUT2D eigenvalue weighted by Crippen LogP contribution is 2.34. The predicted octanol–water partition coefficient (Wildman–Crippen LogP) is 7.68. The van der Waals surface area contributed by atoms with E-state index in [0.717, 1.165) is 53.5 Å². The molecule has 1 fully saturated rings. The van der Waals surface area contributed by atoms with Crippen molar-refractivity contribution in [1.82, 2.24) is 20.1 Å². The number of aryl methyl sites for hydroxylation is 1. The van der Waals surface area contributed by atoms with Gasteiger partial charge in [-0.1, -0.05) is 12.1 Å². The van der Waals surface area contributed by atoms with Gasteiger partial charge >= 0.3 is 6.09 Å². The predicted molar refractivity (Wildman–Crippen MR) is 179 cm³/mol. The lowest BCUT2D eigenvalue weighted by Crippen LogP contribution is -2.42. The first-order valence-corrected chi connectivity index (χ1v) is 15.9. The van der Waals surface area contributed by atoms with Crippen LogP contribution < -0.4 is 20.1 Å². The Morgan fingerprint density at radius 2 is 1.72 bits per heavy atom. The summed E-state index contributed by atoms with van der Waals surface area (Å²) in [5.41, 5.74) is 2.60. The third-order valence-corrected chi connectivity index (χ3v) is 7.75. The number of hydrogen-bond acceptors (Lipinski definition) is 7. The molecule has 1 aliphatic carbocycles. The second-order valence-electron chi connectivity index (χ2n) is 14.0. The van der Waals surface area contributed by atoms with Gasteiger partial charge in [0.05, 0.1) is 35.5 Å². The normalized spacial score (nSPS) is 16.9. The molecule has 2 aromatic carbocycles. The average Bonchev–Trinajstić information content (AvgIpc) is 3.44. The third kappa shape index (κ3) is 8.77. The fourth-order valence-electron chi connectivity index (χ4n) is 5.45. The monoisotopic (exact) mass is 627 g/mol. The molecule has 46 heavy (non-hydrogen) atoms. The number of carbonyl (C=O) groups is 2. The summed E-state index contributed by atoms with van der Waals surface area (Å²) in [5.74, 6) is 2.01. The molecule has 2 heterocycles. The van der Waals surface area contributed by atoms with Crippen molar-refractivity contribution in [2.75, 3.05) is 5.32 Å². The van der Waals surface area contributed by atoms with Crippen molar-refractivity contribution in [2.24, 2.45) is 0 Å². The number of anilines is 1. The highest BCUT2D eigenvalue weighted by Gasteiger charge is 2.26. The van der Waals surface area contributed by atoms with Gasteiger partial charge in [0.2, 0.25) is 5.91 Å². The van der Waals surface area contributed by atoms with Crippen LogP contribution in [0.15, 0.2) is 61.1 Å². The molecule has 4 aromatic rings. The number of hydrogen-bond donors (Lipinski definition) is 2. The van der Waals surface area contributed by atoms with Gasteiger partial charge in [0.1, 0.15) is 22.8 Å². The van der Waals surface area contributed by atoms with E-state index in [1.54, 1.807) is 12.4 Å². The molecule has 0 radical (unpaired) electrons. The quantitative estimate of drug-likeness (QED) is 0.206. The minimum Gasteiger partial charge on any atom is -0.490 e. The van der Waals surface area contributed by atoms with Gasteiger partial charge in [-0.05, 0) is 116 Å². The van der Waals surface area contributed by atoms with Crippen LogP contribution in [0.25, 0.3) is 10.9 Å². The van der Waals surface area contributed by atoms with E-state index in [1.165, 1.54) is 0 Å². The molecule has 2 N–H and O–H groups in total. The SMILES string of the molecule is Cc1cc(CC(=O)Nc2cnn(C(C)(C)C)c2)ccc1Oc1ccnc2ccc(OC3CCC(NC(=O)OC(C)(C)C)CC3)cc12. The number of benzene rings is 2. The van der Waals surface area contributed by atoms with Gasteiger partial charge in [-0.25, -0.2) is 4.79 Å². The highest BCUT2D eigenvalue weighted by molar-refractivity contribution is 5.92. The van der Waals surface area contributed by atoms with E-state index in [-0.39, 0.29) is 36.1 Å². The van der Waals surface area contributed by atoms with Crippen LogP contribution in [0.4, 0.5) is 10.5 Å². The standard InChI is InChI=1S/C36H45N5O5/c1-23-18-24(19-33(42)39-26-21-38-41(22-26)35(2,3)4)8-15-31(23)45-32-16-17-37-30-14-13-28(20-29(30)32)44-27-11-9-25(10-12-27)40-34(43)46-36(5,6)7/h8,13-18,20-22,25,27H,9-12,19H2,1-7H3,(H,39,42)(H,40,43). The second kappa shape index (κ2) is 13.4. The lowest BCUT2D eigenvalue weighted by Gasteiger charge is -2.30. The van der Waals surface area contributed by atoms with Gasteiger partial charge in [-0.15, -0.1) is 0 Å². The van der Waals surface area contributed by atoms with Crippen LogP contribution in [0.3, 0.4) is 0 Å². The number of nitrogens with one attached hydrogen (secondary N) is 2. The number of ether oxygens (including phenoxy) is 3. The molecule has 2 amide bonds. The highest BCUT2D eigenvalue weighted by atomic mass is 16.6. The van der Waals surface area contributed by atoms with Crippen LogP contribution in [-0.2, 0) is 21.5 Å². The molecular weight excluding hydrogens is 582 g/mol. The van der Waals surface area contributed by atoms with Crippen molar-refractivity contribution in [3.05, 3.63) is 72.2 Å². The molecule has 1 saturated carbocycles. The molecule has 244 valence electrons. The summed E-state index contributed by atoms with van der Waals surface area (Å²) >= 11 is 0. The molecule has 5 rings (SSSR count). The maximum atomic E-state index is 12.7. The van der Waals surface area contributed by atoms with Gasteiger partial charge in [0.15, 0.2) is 0 Å². The van der Waals surface area contributed by atoms with Crippen LogP contribution >= 0.6 is 0 Å². The summed E-state index contributed by atoms with van der Waals surface area (Å²) in [6.07, 6.45) is 8.47. The Labute approximate surface area is 270 Å². The Morgan fingerprint density at radius 3 is 2.39 bits per heavy atom. The first-order chi connectivity index (χ1) is 21.7. The lowest BCUT2D eigenvalue weighted by molar-refractivity contribution is -0.115. The van der Waals surface area contributed by atoms with Crippen molar-refractivity contribution in [1.29, 1.82) is 0 Å². The van der Waals surface area contributed by atoms with Gasteiger partial charge < -0.3 is 24.8 Å². The van der Waals surface area contributed by atoms with Crippen molar-refractivity contribution < 1.29 is 23.8 Å². The van der Waals surface area contributed by atoms with Gasteiger partial charge in [-0.3, -0.25) is 14.5 Å². The molecule has 0 bridgehead atoms. The van der Waals surface area contributed by atoms with Crippen molar-refractivity contribution in [3.63, 3.8) is 0 Å². The second-order valence-corrected chi connectivity index (χ2v) is 14.0. The van der Waals surface area contributed by atoms with E-state index in [4.69, 9.17) is 14.2 Å². The fraction of sp³-hybridized carbons (Fsp3) is 0.444. The number of nitrogens with zero attached hydrogens (tertiary/aromatic N) is 3. The van der Waals surface area contributed by atoms with E-state index in [0.29, 0.717) is 17.2 Å².